The molecule has 0 fully saturated rings. The van der Waals surface area contributed by atoms with E-state index in [1.165, 1.54) is 6.07 Å². The Bertz CT molecular complexity index is 588. The first-order valence-corrected chi connectivity index (χ1v) is 5.88. The van der Waals surface area contributed by atoms with E-state index in [0.29, 0.717) is 12.4 Å². The van der Waals surface area contributed by atoms with Crippen LogP contribution in [0.3, 0.4) is 0 Å². The fourth-order valence-electron chi connectivity index (χ4n) is 1.68. The molecule has 1 aromatic carbocycles. The van der Waals surface area contributed by atoms with E-state index in [-0.39, 0.29) is 5.75 Å². The molecule has 1 heterocycles. The summed E-state index contributed by atoms with van der Waals surface area (Å²) in [6.07, 6.45) is 2.40. The molecule has 2 rings (SSSR count). The van der Waals surface area contributed by atoms with Gasteiger partial charge < -0.3 is 10.5 Å². The zero-order valence-corrected chi connectivity index (χ0v) is 10.5. The van der Waals surface area contributed by atoms with Crippen LogP contribution in [-0.4, -0.2) is 11.5 Å². The van der Waals surface area contributed by atoms with Gasteiger partial charge in [-0.25, -0.2) is 13.8 Å². The van der Waals surface area contributed by atoms with Crippen LogP contribution in [0.5, 0.6) is 11.6 Å². The van der Waals surface area contributed by atoms with Gasteiger partial charge in [0.25, 0.3) is 0 Å². The van der Waals surface area contributed by atoms with Crippen LogP contribution in [0, 0.1) is 18.6 Å². The van der Waals surface area contributed by atoms with Gasteiger partial charge in [0, 0.05) is 17.8 Å². The highest BCUT2D eigenvalue weighted by molar-refractivity contribution is 5.34. The fourth-order valence-corrected chi connectivity index (χ4v) is 1.68. The first-order chi connectivity index (χ1) is 9.10. The van der Waals surface area contributed by atoms with Gasteiger partial charge in [-0.1, -0.05) is 0 Å². The van der Waals surface area contributed by atoms with Gasteiger partial charge in [0.2, 0.25) is 5.88 Å². The summed E-state index contributed by atoms with van der Waals surface area (Å²) in [6, 6.07) is 5.27. The molecule has 5 heteroatoms. The van der Waals surface area contributed by atoms with Gasteiger partial charge in [-0.2, -0.15) is 0 Å². The van der Waals surface area contributed by atoms with Crippen LogP contribution in [-0.2, 0) is 6.42 Å². The number of aromatic nitrogens is 1. The number of rotatable bonds is 4. The summed E-state index contributed by atoms with van der Waals surface area (Å²) in [4.78, 5) is 4.15. The molecule has 0 saturated heterocycles. The lowest BCUT2D eigenvalue weighted by atomic mass is 10.1. The summed E-state index contributed by atoms with van der Waals surface area (Å²) in [5.41, 5.74) is 7.29. The summed E-state index contributed by atoms with van der Waals surface area (Å²) in [6.45, 7) is 2.38. The SMILES string of the molecule is Cc1cc(CCN)cnc1Oc1ccc(F)c(F)c1. The second kappa shape index (κ2) is 5.75. The lowest BCUT2D eigenvalue weighted by molar-refractivity contribution is 0.444. The lowest BCUT2D eigenvalue weighted by Gasteiger charge is -2.09. The molecule has 0 saturated carbocycles. The van der Waals surface area contributed by atoms with Crippen molar-refractivity contribution in [3.8, 4) is 11.6 Å². The average molecular weight is 264 g/mol. The Morgan fingerprint density at radius 3 is 2.63 bits per heavy atom. The molecule has 0 bridgehead atoms. The van der Waals surface area contributed by atoms with Crippen LogP contribution >= 0.6 is 0 Å². The van der Waals surface area contributed by atoms with Gasteiger partial charge >= 0.3 is 0 Å². The molecule has 0 unspecified atom stereocenters. The molecule has 0 aliphatic carbocycles. The Morgan fingerprint density at radius 2 is 2.00 bits per heavy atom. The Balaban J connectivity index is 2.20. The van der Waals surface area contributed by atoms with Gasteiger partial charge in [-0.15, -0.1) is 0 Å². The van der Waals surface area contributed by atoms with Crippen molar-refractivity contribution in [1.29, 1.82) is 0 Å². The van der Waals surface area contributed by atoms with Crippen molar-refractivity contribution in [3.05, 3.63) is 53.2 Å². The van der Waals surface area contributed by atoms with Crippen molar-refractivity contribution in [1.82, 2.24) is 4.98 Å². The first kappa shape index (κ1) is 13.4. The molecular formula is C14H14F2N2O. The lowest BCUT2D eigenvalue weighted by Crippen LogP contribution is -2.03. The minimum absolute atomic E-state index is 0.209. The third kappa shape index (κ3) is 3.26. The van der Waals surface area contributed by atoms with Gasteiger partial charge in [-0.05, 0) is 43.7 Å². The van der Waals surface area contributed by atoms with E-state index in [4.69, 9.17) is 10.5 Å². The molecular weight excluding hydrogens is 250 g/mol. The zero-order valence-electron chi connectivity index (χ0n) is 10.5. The van der Waals surface area contributed by atoms with Gasteiger partial charge in [0.15, 0.2) is 11.6 Å². The van der Waals surface area contributed by atoms with E-state index in [9.17, 15) is 8.78 Å². The maximum atomic E-state index is 13.1. The number of nitrogens with zero attached hydrogens (tertiary/aromatic N) is 1. The van der Waals surface area contributed by atoms with Crippen LogP contribution in [0.25, 0.3) is 0 Å². The number of ether oxygens (including phenoxy) is 1. The molecule has 100 valence electrons. The predicted molar refractivity (Wildman–Crippen MR) is 68.2 cm³/mol. The summed E-state index contributed by atoms with van der Waals surface area (Å²) < 4.78 is 31.3. The van der Waals surface area contributed by atoms with Crippen LogP contribution < -0.4 is 10.5 Å². The van der Waals surface area contributed by atoms with Crippen LogP contribution in [0.1, 0.15) is 11.1 Å². The molecule has 19 heavy (non-hydrogen) atoms. The Kier molecular flexibility index (Phi) is 4.06. The topological polar surface area (TPSA) is 48.1 Å². The van der Waals surface area contributed by atoms with Crippen molar-refractivity contribution in [2.75, 3.05) is 6.54 Å². The first-order valence-electron chi connectivity index (χ1n) is 5.88. The Labute approximate surface area is 110 Å². The molecule has 0 aliphatic heterocycles. The number of halogens is 2. The summed E-state index contributed by atoms with van der Waals surface area (Å²) in [5.74, 6) is -1.28. The van der Waals surface area contributed by atoms with Crippen LogP contribution in [0.15, 0.2) is 30.5 Å². The van der Waals surface area contributed by atoms with Crippen molar-refractivity contribution < 1.29 is 13.5 Å². The molecule has 2 aromatic rings. The molecule has 3 nitrogen and oxygen atoms in total. The highest BCUT2D eigenvalue weighted by atomic mass is 19.2. The van der Waals surface area contributed by atoms with E-state index in [2.05, 4.69) is 4.98 Å². The maximum absolute atomic E-state index is 13.1. The average Bonchev–Trinajstić information content (AvgIpc) is 2.37. The predicted octanol–water partition coefficient (Wildman–Crippen LogP) is 2.96. The zero-order chi connectivity index (χ0) is 13.8. The normalized spacial score (nSPS) is 10.5. The summed E-state index contributed by atoms with van der Waals surface area (Å²) >= 11 is 0. The third-order valence-electron chi connectivity index (χ3n) is 2.63. The number of hydrogen-bond acceptors (Lipinski definition) is 3. The fraction of sp³-hybridized carbons (Fsp3) is 0.214. The number of hydrogen-bond donors (Lipinski definition) is 1. The van der Waals surface area contributed by atoms with Gasteiger partial charge in [-0.3, -0.25) is 0 Å². The van der Waals surface area contributed by atoms with Crippen molar-refractivity contribution in [2.45, 2.75) is 13.3 Å². The summed E-state index contributed by atoms with van der Waals surface area (Å²) in [7, 11) is 0. The second-order valence-corrected chi connectivity index (χ2v) is 4.18. The number of aryl methyl sites for hydroxylation is 1. The van der Waals surface area contributed by atoms with Crippen molar-refractivity contribution in [2.24, 2.45) is 5.73 Å². The second-order valence-electron chi connectivity index (χ2n) is 4.18. The molecule has 0 spiro atoms. The third-order valence-corrected chi connectivity index (χ3v) is 2.63. The Morgan fingerprint density at radius 1 is 1.21 bits per heavy atom. The molecule has 2 N–H and O–H groups in total. The monoisotopic (exact) mass is 264 g/mol. The smallest absolute Gasteiger partial charge is 0.222 e. The standard InChI is InChI=1S/C14H14F2N2O/c1-9-6-10(4-5-17)8-18-14(9)19-11-2-3-12(15)13(16)7-11/h2-3,6-8H,4-5,17H2,1H3. The molecule has 0 aliphatic rings. The Hall–Kier alpha value is -2.01. The highest BCUT2D eigenvalue weighted by Gasteiger charge is 2.07. The molecule has 1 aromatic heterocycles. The minimum atomic E-state index is -0.949. The minimum Gasteiger partial charge on any atom is -0.439 e. The molecule has 0 amide bonds. The van der Waals surface area contributed by atoms with Gasteiger partial charge in [0.05, 0.1) is 0 Å². The highest BCUT2D eigenvalue weighted by Crippen LogP contribution is 2.24. The van der Waals surface area contributed by atoms with E-state index in [0.717, 1.165) is 29.7 Å². The van der Waals surface area contributed by atoms with Gasteiger partial charge in [0.1, 0.15) is 5.75 Å². The summed E-state index contributed by atoms with van der Waals surface area (Å²) in [5, 5.41) is 0. The molecule has 0 radical (unpaired) electrons. The van der Waals surface area contributed by atoms with E-state index >= 15 is 0 Å². The number of benzene rings is 1. The van der Waals surface area contributed by atoms with E-state index in [1.54, 1.807) is 6.20 Å². The maximum Gasteiger partial charge on any atom is 0.222 e. The van der Waals surface area contributed by atoms with Crippen molar-refractivity contribution in [3.63, 3.8) is 0 Å². The van der Waals surface area contributed by atoms with Crippen LogP contribution in [0.4, 0.5) is 8.78 Å². The van der Waals surface area contributed by atoms with E-state index in [1.807, 2.05) is 13.0 Å². The number of nitrogens with two attached hydrogens (primary N) is 1. The van der Waals surface area contributed by atoms with Crippen molar-refractivity contribution >= 4 is 0 Å². The largest absolute Gasteiger partial charge is 0.439 e. The quantitative estimate of drug-likeness (QED) is 0.923. The van der Waals surface area contributed by atoms with Crippen LogP contribution in [0.2, 0.25) is 0 Å². The van der Waals surface area contributed by atoms with E-state index < -0.39 is 11.6 Å². The molecule has 0 atom stereocenters. The number of pyridine rings is 1.